The molecule has 0 fully saturated rings. The number of sulfone groups is 1. The van der Waals surface area contributed by atoms with E-state index < -0.39 is 21.8 Å². The molecule has 0 spiro atoms. The van der Waals surface area contributed by atoms with Crippen LogP contribution in [-0.2, 0) is 19.3 Å². The third-order valence-corrected chi connectivity index (χ3v) is 5.40. The monoisotopic (exact) mass is 348 g/mol. The zero-order valence-corrected chi connectivity index (χ0v) is 13.5. The Balaban J connectivity index is 2.31. The number of para-hydroxylation sites is 1. The van der Waals surface area contributed by atoms with Gasteiger partial charge in [0.15, 0.2) is 5.75 Å². The number of carbonyl (C=O) groups is 2. The van der Waals surface area contributed by atoms with Crippen molar-refractivity contribution >= 4 is 21.8 Å². The van der Waals surface area contributed by atoms with Crippen LogP contribution in [0.15, 0.2) is 46.2 Å². The van der Waals surface area contributed by atoms with E-state index in [1.54, 1.807) is 0 Å². The van der Waals surface area contributed by atoms with Crippen LogP contribution in [0.25, 0.3) is 0 Å². The molecule has 0 aromatic heterocycles. The highest BCUT2D eigenvalue weighted by atomic mass is 32.2. The van der Waals surface area contributed by atoms with Crippen molar-refractivity contribution in [1.82, 2.24) is 0 Å². The molecule has 8 heteroatoms. The standard InChI is InChI=1S/C16H12O7S/c1-21-15(17)9-5-4-8-12-13(9)23-11-7-3-6-10(16(18)22-2)14(11)24(12,19)20/h3-8H,1-2H3. The molecule has 0 saturated carbocycles. The van der Waals surface area contributed by atoms with Crippen LogP contribution in [0.5, 0.6) is 11.5 Å². The first-order chi connectivity index (χ1) is 11.4. The normalized spacial score (nSPS) is 13.9. The largest absolute Gasteiger partial charge is 0.465 e. The van der Waals surface area contributed by atoms with E-state index in [1.807, 2.05) is 0 Å². The number of hydrogen-bond acceptors (Lipinski definition) is 7. The molecule has 0 aliphatic carbocycles. The Kier molecular flexibility index (Phi) is 3.76. The SMILES string of the molecule is COC(=O)c1cccc2c1Oc1cccc(C(=O)OC)c1S2(=O)=O. The van der Waals surface area contributed by atoms with Gasteiger partial charge in [-0.1, -0.05) is 12.1 Å². The van der Waals surface area contributed by atoms with E-state index in [0.717, 1.165) is 7.11 Å². The first-order valence-corrected chi connectivity index (χ1v) is 8.25. The molecule has 0 amide bonds. The average Bonchev–Trinajstić information content (AvgIpc) is 2.59. The van der Waals surface area contributed by atoms with Crippen molar-refractivity contribution in [2.24, 2.45) is 0 Å². The van der Waals surface area contributed by atoms with E-state index in [0.29, 0.717) is 0 Å². The van der Waals surface area contributed by atoms with Gasteiger partial charge in [-0.3, -0.25) is 0 Å². The van der Waals surface area contributed by atoms with E-state index >= 15 is 0 Å². The molecule has 0 bridgehead atoms. The van der Waals surface area contributed by atoms with E-state index in [4.69, 9.17) is 4.74 Å². The second kappa shape index (κ2) is 5.64. The lowest BCUT2D eigenvalue weighted by Gasteiger charge is -2.23. The van der Waals surface area contributed by atoms with Gasteiger partial charge < -0.3 is 14.2 Å². The third kappa shape index (κ3) is 2.23. The molecule has 7 nitrogen and oxygen atoms in total. The maximum atomic E-state index is 13.0. The highest BCUT2D eigenvalue weighted by Gasteiger charge is 2.37. The van der Waals surface area contributed by atoms with Gasteiger partial charge in [0.1, 0.15) is 21.1 Å². The van der Waals surface area contributed by atoms with Crippen LogP contribution in [0.3, 0.4) is 0 Å². The number of esters is 2. The molecule has 3 rings (SSSR count). The maximum Gasteiger partial charge on any atom is 0.341 e. The molecule has 0 radical (unpaired) electrons. The lowest BCUT2D eigenvalue weighted by Crippen LogP contribution is -2.18. The fourth-order valence-corrected chi connectivity index (χ4v) is 4.16. The summed E-state index contributed by atoms with van der Waals surface area (Å²) in [4.78, 5) is 23.2. The number of benzene rings is 2. The second-order valence-corrected chi connectivity index (χ2v) is 6.71. The van der Waals surface area contributed by atoms with Crippen molar-refractivity contribution in [3.63, 3.8) is 0 Å². The predicted molar refractivity (Wildman–Crippen MR) is 81.1 cm³/mol. The van der Waals surface area contributed by atoms with Gasteiger partial charge in [0.25, 0.3) is 0 Å². The molecular formula is C16H12O7S. The fourth-order valence-electron chi connectivity index (χ4n) is 2.47. The fraction of sp³-hybridized carbons (Fsp3) is 0.125. The van der Waals surface area contributed by atoms with Gasteiger partial charge in [0.05, 0.1) is 19.8 Å². The summed E-state index contributed by atoms with van der Waals surface area (Å²) in [5.74, 6) is -1.71. The topological polar surface area (TPSA) is 96.0 Å². The van der Waals surface area contributed by atoms with E-state index in [2.05, 4.69) is 9.47 Å². The Morgan fingerprint density at radius 3 is 2.17 bits per heavy atom. The molecule has 24 heavy (non-hydrogen) atoms. The van der Waals surface area contributed by atoms with Gasteiger partial charge in [-0.25, -0.2) is 18.0 Å². The number of hydrogen-bond donors (Lipinski definition) is 0. The van der Waals surface area contributed by atoms with Gasteiger partial charge >= 0.3 is 11.9 Å². The van der Waals surface area contributed by atoms with Crippen LogP contribution >= 0.6 is 0 Å². The third-order valence-electron chi connectivity index (χ3n) is 3.54. The number of methoxy groups -OCH3 is 2. The Bertz CT molecular complexity index is 960. The minimum absolute atomic E-state index is 0.0207. The highest BCUT2D eigenvalue weighted by molar-refractivity contribution is 7.91. The zero-order valence-electron chi connectivity index (χ0n) is 12.7. The van der Waals surface area contributed by atoms with Gasteiger partial charge in [0.2, 0.25) is 9.84 Å². The van der Waals surface area contributed by atoms with Gasteiger partial charge in [0, 0.05) is 0 Å². The molecule has 2 aromatic carbocycles. The van der Waals surface area contributed by atoms with Crippen LogP contribution in [-0.4, -0.2) is 34.6 Å². The van der Waals surface area contributed by atoms with Crippen LogP contribution in [0.4, 0.5) is 0 Å². The molecule has 1 aliphatic heterocycles. The van der Waals surface area contributed by atoms with Crippen LogP contribution in [0, 0.1) is 0 Å². The quantitative estimate of drug-likeness (QED) is 0.655. The highest BCUT2D eigenvalue weighted by Crippen LogP contribution is 2.45. The minimum Gasteiger partial charge on any atom is -0.465 e. The van der Waals surface area contributed by atoms with E-state index in [9.17, 15) is 18.0 Å². The molecule has 0 unspecified atom stereocenters. The maximum absolute atomic E-state index is 13.0. The van der Waals surface area contributed by atoms with Crippen molar-refractivity contribution in [1.29, 1.82) is 0 Å². The average molecular weight is 348 g/mol. The summed E-state index contributed by atoms with van der Waals surface area (Å²) >= 11 is 0. The smallest absolute Gasteiger partial charge is 0.341 e. The molecule has 2 aromatic rings. The molecule has 0 saturated heterocycles. The van der Waals surface area contributed by atoms with Crippen LogP contribution < -0.4 is 4.74 Å². The summed E-state index contributed by atoms with van der Waals surface area (Å²) < 4.78 is 40.8. The second-order valence-electron chi connectivity index (χ2n) is 4.85. The van der Waals surface area contributed by atoms with Gasteiger partial charge in [-0.15, -0.1) is 0 Å². The lowest BCUT2D eigenvalue weighted by atomic mass is 10.2. The number of rotatable bonds is 2. The molecule has 0 atom stereocenters. The summed E-state index contributed by atoms with van der Waals surface area (Å²) in [5.41, 5.74) is -0.156. The molecule has 1 aliphatic rings. The predicted octanol–water partition coefficient (Wildman–Crippen LogP) is 2.20. The van der Waals surface area contributed by atoms with Crippen LogP contribution in [0.2, 0.25) is 0 Å². The Labute approximate surface area is 137 Å². The number of ether oxygens (including phenoxy) is 3. The lowest BCUT2D eigenvalue weighted by molar-refractivity contribution is 0.0585. The van der Waals surface area contributed by atoms with Crippen molar-refractivity contribution in [2.75, 3.05) is 14.2 Å². The molecule has 0 N–H and O–H groups in total. The van der Waals surface area contributed by atoms with E-state index in [-0.39, 0.29) is 32.4 Å². The van der Waals surface area contributed by atoms with E-state index in [1.165, 1.54) is 43.5 Å². The van der Waals surface area contributed by atoms with Gasteiger partial charge in [-0.2, -0.15) is 0 Å². The number of carbonyl (C=O) groups excluding carboxylic acids is 2. The Hall–Kier alpha value is -2.87. The summed E-state index contributed by atoms with van der Waals surface area (Å²) in [5, 5.41) is 0. The first kappa shape index (κ1) is 16.0. The van der Waals surface area contributed by atoms with Crippen LogP contribution in [0.1, 0.15) is 20.7 Å². The summed E-state index contributed by atoms with van der Waals surface area (Å²) in [7, 11) is -1.75. The first-order valence-electron chi connectivity index (χ1n) is 6.77. The summed E-state index contributed by atoms with van der Waals surface area (Å²) in [6.07, 6.45) is 0. The van der Waals surface area contributed by atoms with Crippen molar-refractivity contribution < 1.29 is 32.2 Å². The summed E-state index contributed by atoms with van der Waals surface area (Å²) in [6, 6.07) is 8.30. The zero-order chi connectivity index (χ0) is 17.5. The van der Waals surface area contributed by atoms with Crippen molar-refractivity contribution in [3.05, 3.63) is 47.5 Å². The van der Waals surface area contributed by atoms with Crippen molar-refractivity contribution in [2.45, 2.75) is 9.79 Å². The molecule has 124 valence electrons. The minimum atomic E-state index is -4.08. The summed E-state index contributed by atoms with van der Waals surface area (Å²) in [6.45, 7) is 0. The van der Waals surface area contributed by atoms with Crippen molar-refractivity contribution in [3.8, 4) is 11.5 Å². The Morgan fingerprint density at radius 2 is 1.50 bits per heavy atom. The van der Waals surface area contributed by atoms with Gasteiger partial charge in [-0.05, 0) is 24.3 Å². The molecular weight excluding hydrogens is 336 g/mol. The Morgan fingerprint density at radius 1 is 0.917 bits per heavy atom. The molecule has 1 heterocycles. The number of fused-ring (bicyclic) bond motifs is 2.